The van der Waals surface area contributed by atoms with E-state index in [-0.39, 0.29) is 0 Å². The van der Waals surface area contributed by atoms with Gasteiger partial charge in [0.1, 0.15) is 10.7 Å². The Morgan fingerprint density at radius 2 is 1.80 bits per heavy atom. The summed E-state index contributed by atoms with van der Waals surface area (Å²) < 4.78 is 5.24. The van der Waals surface area contributed by atoms with Crippen LogP contribution in [0.5, 0.6) is 5.75 Å². The Balaban J connectivity index is 3.05. The predicted octanol–water partition coefficient (Wildman–Crippen LogP) is 3.13. The smallest absolute Gasteiger partial charge is 0.122 e. The van der Waals surface area contributed by atoms with Gasteiger partial charge in [0.2, 0.25) is 0 Å². The van der Waals surface area contributed by atoms with Crippen LogP contribution in [0.1, 0.15) is 25.0 Å². The molecule has 0 amide bonds. The number of rotatable bonds is 3. The molecule has 0 fully saturated rings. The highest BCUT2D eigenvalue weighted by molar-refractivity contribution is 8.00. The Hall–Kier alpha value is -0.670. The third kappa shape index (κ3) is 3.43. The zero-order valence-corrected chi connectivity index (χ0v) is 10.7. The summed E-state index contributed by atoms with van der Waals surface area (Å²) in [6.07, 6.45) is 0. The van der Waals surface area contributed by atoms with Crippen molar-refractivity contribution in [2.45, 2.75) is 37.5 Å². The second kappa shape index (κ2) is 4.45. The van der Waals surface area contributed by atoms with E-state index in [1.807, 2.05) is 19.9 Å². The topological polar surface area (TPSA) is 29.5 Å². The number of aryl methyl sites for hydroxylation is 2. The third-order valence-electron chi connectivity index (χ3n) is 2.05. The summed E-state index contributed by atoms with van der Waals surface area (Å²) in [4.78, 5) is 0.354. The molecule has 0 bridgehead atoms. The molecular formula is C12H18O2S. The van der Waals surface area contributed by atoms with Crippen LogP contribution in [0.15, 0.2) is 17.0 Å². The Bertz CT molecular complexity index is 353. The fourth-order valence-electron chi connectivity index (χ4n) is 1.36. The molecule has 1 rings (SSSR count). The number of thioether (sulfide) groups is 1. The summed E-state index contributed by atoms with van der Waals surface area (Å²) >= 11 is 1.46. The van der Waals surface area contributed by atoms with E-state index >= 15 is 0 Å². The van der Waals surface area contributed by atoms with E-state index in [0.29, 0.717) is 0 Å². The van der Waals surface area contributed by atoms with Crippen molar-refractivity contribution < 1.29 is 9.84 Å². The fraction of sp³-hybridized carbons (Fsp3) is 0.500. The largest absolute Gasteiger partial charge is 0.496 e. The predicted molar refractivity (Wildman–Crippen MR) is 64.6 cm³/mol. The number of hydrogen-bond donors (Lipinski definition) is 1. The summed E-state index contributed by atoms with van der Waals surface area (Å²) in [5, 5.41) is 9.74. The lowest BCUT2D eigenvalue weighted by atomic mass is 10.1. The van der Waals surface area contributed by atoms with E-state index in [9.17, 15) is 5.11 Å². The van der Waals surface area contributed by atoms with E-state index in [2.05, 4.69) is 6.07 Å². The van der Waals surface area contributed by atoms with Gasteiger partial charge in [0.25, 0.3) is 0 Å². The van der Waals surface area contributed by atoms with E-state index < -0.39 is 4.93 Å². The first-order valence-corrected chi connectivity index (χ1v) is 5.72. The Labute approximate surface area is 95.7 Å². The maximum Gasteiger partial charge on any atom is 0.122 e. The van der Waals surface area contributed by atoms with Gasteiger partial charge >= 0.3 is 0 Å². The minimum Gasteiger partial charge on any atom is -0.496 e. The van der Waals surface area contributed by atoms with Gasteiger partial charge in [-0.05, 0) is 51.0 Å². The minimum absolute atomic E-state index is 0.744. The van der Waals surface area contributed by atoms with Gasteiger partial charge in [0.15, 0.2) is 0 Å². The van der Waals surface area contributed by atoms with Gasteiger partial charge in [-0.15, -0.1) is 0 Å². The van der Waals surface area contributed by atoms with Gasteiger partial charge in [-0.1, -0.05) is 11.8 Å². The summed E-state index contributed by atoms with van der Waals surface area (Å²) in [7, 11) is 1.67. The normalized spacial score (nSPS) is 11.6. The molecule has 0 aliphatic heterocycles. The average Bonchev–Trinajstić information content (AvgIpc) is 2.08. The highest BCUT2D eigenvalue weighted by atomic mass is 32.2. The van der Waals surface area contributed by atoms with Crippen molar-refractivity contribution in [1.82, 2.24) is 0 Å². The summed E-state index contributed by atoms with van der Waals surface area (Å²) in [5.41, 5.74) is 2.22. The molecule has 0 unspecified atom stereocenters. The van der Waals surface area contributed by atoms with Gasteiger partial charge in [-0.3, -0.25) is 0 Å². The lowest BCUT2D eigenvalue weighted by Gasteiger charge is -2.19. The van der Waals surface area contributed by atoms with Crippen LogP contribution in [0.3, 0.4) is 0 Å². The van der Waals surface area contributed by atoms with Gasteiger partial charge in [0, 0.05) is 4.90 Å². The van der Waals surface area contributed by atoms with Gasteiger partial charge in [-0.2, -0.15) is 0 Å². The molecule has 0 atom stereocenters. The molecule has 1 aromatic carbocycles. The second-order valence-electron chi connectivity index (χ2n) is 4.14. The summed E-state index contributed by atoms with van der Waals surface area (Å²) in [6, 6.07) is 4.06. The van der Waals surface area contributed by atoms with Crippen LogP contribution in [-0.2, 0) is 0 Å². The van der Waals surface area contributed by atoms with Crippen LogP contribution in [0.25, 0.3) is 0 Å². The number of methoxy groups -OCH3 is 1. The van der Waals surface area contributed by atoms with E-state index in [0.717, 1.165) is 21.8 Å². The molecule has 0 aliphatic carbocycles. The number of aliphatic hydroxyl groups is 1. The van der Waals surface area contributed by atoms with Crippen LogP contribution in [-0.4, -0.2) is 17.1 Å². The molecule has 0 radical (unpaired) electrons. The molecule has 1 aromatic rings. The maximum absolute atomic E-state index is 9.74. The zero-order chi connectivity index (χ0) is 11.6. The molecule has 1 N–H and O–H groups in total. The van der Waals surface area contributed by atoms with Crippen molar-refractivity contribution in [3.8, 4) is 5.75 Å². The lowest BCUT2D eigenvalue weighted by Crippen LogP contribution is -2.12. The van der Waals surface area contributed by atoms with E-state index in [4.69, 9.17) is 4.74 Å². The van der Waals surface area contributed by atoms with Gasteiger partial charge < -0.3 is 9.84 Å². The molecule has 3 heteroatoms. The highest BCUT2D eigenvalue weighted by Gasteiger charge is 2.16. The lowest BCUT2D eigenvalue weighted by molar-refractivity contribution is 0.179. The first kappa shape index (κ1) is 12.4. The van der Waals surface area contributed by atoms with Crippen molar-refractivity contribution in [3.05, 3.63) is 23.3 Å². The van der Waals surface area contributed by atoms with E-state index in [1.54, 1.807) is 21.0 Å². The SMILES string of the molecule is COc1cc(C)c(SC(C)(C)O)cc1C. The molecule has 2 nitrogen and oxygen atoms in total. The first-order chi connectivity index (χ1) is 6.83. The molecule has 0 heterocycles. The van der Waals surface area contributed by atoms with Crippen LogP contribution in [0.4, 0.5) is 0 Å². The Morgan fingerprint density at radius 1 is 1.20 bits per heavy atom. The van der Waals surface area contributed by atoms with Crippen molar-refractivity contribution in [1.29, 1.82) is 0 Å². The van der Waals surface area contributed by atoms with E-state index in [1.165, 1.54) is 11.8 Å². The Kier molecular flexibility index (Phi) is 3.68. The molecule has 0 spiro atoms. The van der Waals surface area contributed by atoms with Crippen LogP contribution in [0.2, 0.25) is 0 Å². The molecule has 0 saturated carbocycles. The number of benzene rings is 1. The van der Waals surface area contributed by atoms with Crippen molar-refractivity contribution in [2.24, 2.45) is 0 Å². The number of hydrogen-bond acceptors (Lipinski definition) is 3. The molecule has 0 aliphatic rings. The fourth-order valence-corrected chi connectivity index (χ4v) is 2.36. The highest BCUT2D eigenvalue weighted by Crippen LogP contribution is 2.35. The molecule has 84 valence electrons. The zero-order valence-electron chi connectivity index (χ0n) is 9.92. The van der Waals surface area contributed by atoms with Crippen LogP contribution in [0, 0.1) is 13.8 Å². The molecule has 15 heavy (non-hydrogen) atoms. The summed E-state index contributed by atoms with van der Waals surface area (Å²) in [5.74, 6) is 0.896. The van der Waals surface area contributed by atoms with Crippen LogP contribution < -0.4 is 4.74 Å². The quantitative estimate of drug-likeness (QED) is 0.634. The monoisotopic (exact) mass is 226 g/mol. The molecule has 0 aromatic heterocycles. The van der Waals surface area contributed by atoms with Crippen molar-refractivity contribution in [2.75, 3.05) is 7.11 Å². The summed E-state index contributed by atoms with van der Waals surface area (Å²) in [6.45, 7) is 7.61. The Morgan fingerprint density at radius 3 is 2.27 bits per heavy atom. The van der Waals surface area contributed by atoms with Crippen LogP contribution >= 0.6 is 11.8 Å². The average molecular weight is 226 g/mol. The maximum atomic E-state index is 9.74. The van der Waals surface area contributed by atoms with Crippen molar-refractivity contribution >= 4 is 11.8 Å². The van der Waals surface area contributed by atoms with Gasteiger partial charge in [0.05, 0.1) is 7.11 Å². The molecular weight excluding hydrogens is 208 g/mol. The third-order valence-corrected chi connectivity index (χ3v) is 3.21. The number of ether oxygens (including phenoxy) is 1. The first-order valence-electron chi connectivity index (χ1n) is 4.90. The second-order valence-corrected chi connectivity index (χ2v) is 5.78. The molecule has 0 saturated heterocycles. The van der Waals surface area contributed by atoms with Gasteiger partial charge in [-0.25, -0.2) is 0 Å². The minimum atomic E-state index is -0.744. The van der Waals surface area contributed by atoms with Crippen molar-refractivity contribution in [3.63, 3.8) is 0 Å². The standard InChI is InChI=1S/C12H18O2S/c1-8-7-11(15-12(3,4)13)9(2)6-10(8)14-5/h6-7,13H,1-5H3.